The van der Waals surface area contributed by atoms with Crippen LogP contribution < -0.4 is 5.32 Å². The van der Waals surface area contributed by atoms with Gasteiger partial charge in [-0.2, -0.15) is 10.1 Å². The Kier molecular flexibility index (Phi) is 3.15. The third-order valence-corrected chi connectivity index (χ3v) is 2.65. The minimum Gasteiger partial charge on any atom is -0.293 e. The number of aromatic nitrogens is 7. The van der Waals surface area contributed by atoms with Gasteiger partial charge in [-0.05, 0) is 16.0 Å². The van der Waals surface area contributed by atoms with Crippen molar-refractivity contribution in [1.29, 1.82) is 0 Å². The molecule has 9 nitrogen and oxygen atoms in total. The van der Waals surface area contributed by atoms with Crippen LogP contribution in [0.25, 0.3) is 0 Å². The maximum Gasteiger partial charge on any atom is 0.256 e. The number of carbonyl (C=O) groups is 1. The van der Waals surface area contributed by atoms with Crippen LogP contribution in [0.2, 0.25) is 0 Å². The van der Waals surface area contributed by atoms with Gasteiger partial charge in [-0.25, -0.2) is 9.78 Å². The molecule has 3 aromatic rings. The maximum atomic E-state index is 12.4. The van der Waals surface area contributed by atoms with Crippen molar-refractivity contribution in [3.63, 3.8) is 0 Å². The number of nitrogens with zero attached hydrogens (tertiary/aromatic N) is 6. The number of benzene rings is 1. The fourth-order valence-corrected chi connectivity index (χ4v) is 1.80. The van der Waals surface area contributed by atoms with Crippen molar-refractivity contribution in [3.8, 4) is 0 Å². The van der Waals surface area contributed by atoms with Crippen molar-refractivity contribution in [1.82, 2.24) is 35.4 Å². The highest BCUT2D eigenvalue weighted by Gasteiger charge is 2.24. The molecule has 1 aromatic carbocycles. The number of rotatable bonds is 4. The zero-order chi connectivity index (χ0) is 13.8. The topological polar surface area (TPSA) is 114 Å². The third-order valence-electron chi connectivity index (χ3n) is 2.65. The second-order valence-corrected chi connectivity index (χ2v) is 3.93. The molecular weight excluding hydrogens is 260 g/mol. The van der Waals surface area contributed by atoms with Crippen molar-refractivity contribution in [2.24, 2.45) is 0 Å². The molecule has 1 amide bonds. The van der Waals surface area contributed by atoms with Gasteiger partial charge in [0.15, 0.2) is 6.04 Å². The van der Waals surface area contributed by atoms with E-state index in [2.05, 4.69) is 36.0 Å². The first-order valence-electron chi connectivity index (χ1n) is 5.78. The molecule has 2 heterocycles. The van der Waals surface area contributed by atoms with E-state index in [-0.39, 0.29) is 11.9 Å². The average Bonchev–Trinajstić information content (AvgIpc) is 3.14. The van der Waals surface area contributed by atoms with E-state index in [9.17, 15) is 4.79 Å². The number of aromatic amines is 1. The van der Waals surface area contributed by atoms with Crippen molar-refractivity contribution in [3.05, 3.63) is 48.5 Å². The predicted octanol–water partition coefficient (Wildman–Crippen LogP) is 0.0193. The number of hydrogen-bond donors (Lipinski definition) is 2. The van der Waals surface area contributed by atoms with Crippen LogP contribution in [-0.2, 0) is 4.79 Å². The van der Waals surface area contributed by atoms with E-state index in [1.807, 2.05) is 30.3 Å². The summed E-state index contributed by atoms with van der Waals surface area (Å²) >= 11 is 0. The molecule has 0 saturated heterocycles. The normalized spacial score (nSPS) is 12.0. The number of H-pyrrole nitrogens is 1. The molecular formula is C11H10N8O. The number of tetrazole rings is 1. The second-order valence-electron chi connectivity index (χ2n) is 3.93. The van der Waals surface area contributed by atoms with Crippen molar-refractivity contribution in [2.75, 3.05) is 5.32 Å². The largest absolute Gasteiger partial charge is 0.293 e. The molecule has 20 heavy (non-hydrogen) atoms. The highest BCUT2D eigenvalue weighted by molar-refractivity contribution is 5.94. The van der Waals surface area contributed by atoms with E-state index in [4.69, 9.17) is 0 Å². The second kappa shape index (κ2) is 5.26. The minimum atomic E-state index is -0.684. The number of hydrogen-bond acceptors (Lipinski definition) is 6. The summed E-state index contributed by atoms with van der Waals surface area (Å²) in [6.07, 6.45) is 2.70. The Balaban J connectivity index is 1.92. The van der Waals surface area contributed by atoms with E-state index in [0.29, 0.717) is 0 Å². The van der Waals surface area contributed by atoms with Crippen LogP contribution in [0.15, 0.2) is 43.0 Å². The summed E-state index contributed by atoms with van der Waals surface area (Å²) in [5, 5.41) is 19.8. The van der Waals surface area contributed by atoms with Crippen LogP contribution in [0.1, 0.15) is 11.6 Å². The number of anilines is 1. The van der Waals surface area contributed by atoms with Gasteiger partial charge in [-0.15, -0.1) is 5.10 Å². The van der Waals surface area contributed by atoms with E-state index in [0.717, 1.165) is 5.56 Å². The molecule has 2 aromatic heterocycles. The third kappa shape index (κ3) is 2.36. The monoisotopic (exact) mass is 270 g/mol. The van der Waals surface area contributed by atoms with Crippen molar-refractivity contribution < 1.29 is 4.79 Å². The first kappa shape index (κ1) is 12.0. The molecule has 100 valence electrons. The molecule has 1 atom stereocenters. The van der Waals surface area contributed by atoms with Gasteiger partial charge in [0.1, 0.15) is 12.7 Å². The van der Waals surface area contributed by atoms with Gasteiger partial charge < -0.3 is 0 Å². The van der Waals surface area contributed by atoms with Gasteiger partial charge in [-0.3, -0.25) is 10.1 Å². The van der Waals surface area contributed by atoms with Gasteiger partial charge in [0.05, 0.1) is 0 Å². The van der Waals surface area contributed by atoms with Crippen molar-refractivity contribution >= 4 is 11.9 Å². The Morgan fingerprint density at radius 1 is 1.30 bits per heavy atom. The first-order valence-corrected chi connectivity index (χ1v) is 5.78. The lowest BCUT2D eigenvalue weighted by molar-refractivity contribution is -0.118. The van der Waals surface area contributed by atoms with E-state index in [1.165, 1.54) is 17.3 Å². The van der Waals surface area contributed by atoms with Gasteiger partial charge in [-0.1, -0.05) is 30.3 Å². The van der Waals surface area contributed by atoms with Crippen molar-refractivity contribution in [2.45, 2.75) is 6.04 Å². The fourth-order valence-electron chi connectivity index (χ4n) is 1.80. The first-order chi connectivity index (χ1) is 9.84. The fraction of sp³-hybridized carbons (Fsp3) is 0.0909. The summed E-state index contributed by atoms with van der Waals surface area (Å²) in [6, 6.07) is 8.52. The summed E-state index contributed by atoms with van der Waals surface area (Å²) in [5.74, 6) is -0.0516. The summed E-state index contributed by atoms with van der Waals surface area (Å²) < 4.78 is 1.38. The Morgan fingerprint density at radius 2 is 2.15 bits per heavy atom. The lowest BCUT2D eigenvalue weighted by Gasteiger charge is -2.15. The van der Waals surface area contributed by atoms with E-state index >= 15 is 0 Å². The van der Waals surface area contributed by atoms with Crippen LogP contribution in [0, 0.1) is 0 Å². The lowest BCUT2D eigenvalue weighted by atomic mass is 10.1. The molecule has 0 radical (unpaired) electrons. The predicted molar refractivity (Wildman–Crippen MR) is 67.4 cm³/mol. The standard InChI is InChI=1S/C11H10N8O/c20-10(15-11-12-6-13-16-11)9(19-7-14-17-18-19)8-4-2-1-3-5-8/h1-7,9H,(H2,12,13,15,16,20). The quantitative estimate of drug-likeness (QED) is 0.690. The molecule has 0 fully saturated rings. The van der Waals surface area contributed by atoms with Crippen LogP contribution in [0.4, 0.5) is 5.95 Å². The highest BCUT2D eigenvalue weighted by Crippen LogP contribution is 2.18. The van der Waals surface area contributed by atoms with Crippen LogP contribution in [-0.4, -0.2) is 41.3 Å². The van der Waals surface area contributed by atoms with Gasteiger partial charge in [0, 0.05) is 0 Å². The summed E-state index contributed by atoms with van der Waals surface area (Å²) in [5.41, 5.74) is 0.761. The highest BCUT2D eigenvalue weighted by atomic mass is 16.2. The summed E-state index contributed by atoms with van der Waals surface area (Å²) in [4.78, 5) is 16.2. The molecule has 2 N–H and O–H groups in total. The number of amides is 1. The zero-order valence-electron chi connectivity index (χ0n) is 10.2. The maximum absolute atomic E-state index is 12.4. The molecule has 0 aliphatic heterocycles. The zero-order valence-corrected chi connectivity index (χ0v) is 10.2. The summed E-state index contributed by atoms with van der Waals surface area (Å²) in [7, 11) is 0. The molecule has 0 aliphatic rings. The number of carbonyl (C=O) groups excluding carboxylic acids is 1. The van der Waals surface area contributed by atoms with Crippen LogP contribution >= 0.6 is 0 Å². The number of nitrogens with one attached hydrogen (secondary N) is 2. The van der Waals surface area contributed by atoms with E-state index in [1.54, 1.807) is 0 Å². The van der Waals surface area contributed by atoms with E-state index < -0.39 is 6.04 Å². The van der Waals surface area contributed by atoms with Crippen LogP contribution in [0.5, 0.6) is 0 Å². The average molecular weight is 270 g/mol. The Hall–Kier alpha value is -3.10. The molecule has 0 aliphatic carbocycles. The molecule has 9 heteroatoms. The molecule has 1 unspecified atom stereocenters. The molecule has 3 rings (SSSR count). The molecule has 0 bridgehead atoms. The van der Waals surface area contributed by atoms with Gasteiger partial charge in [0.2, 0.25) is 5.95 Å². The summed E-state index contributed by atoms with van der Waals surface area (Å²) in [6.45, 7) is 0. The smallest absolute Gasteiger partial charge is 0.256 e. The SMILES string of the molecule is O=C(Nc1ncn[nH]1)C(c1ccccc1)n1cnnn1. The Morgan fingerprint density at radius 3 is 2.80 bits per heavy atom. The van der Waals surface area contributed by atoms with Gasteiger partial charge >= 0.3 is 0 Å². The Labute approximate surface area is 113 Å². The molecule has 0 saturated carbocycles. The Bertz CT molecular complexity index is 664. The van der Waals surface area contributed by atoms with Crippen LogP contribution in [0.3, 0.4) is 0 Å². The lowest BCUT2D eigenvalue weighted by Crippen LogP contribution is -2.28. The molecule has 0 spiro atoms. The van der Waals surface area contributed by atoms with Gasteiger partial charge in [0.25, 0.3) is 5.91 Å². The minimum absolute atomic E-state index is 0.268.